The number of hydrogen-bond donors (Lipinski definition) is 3. The highest BCUT2D eigenvalue weighted by molar-refractivity contribution is 6.38. The second-order valence-electron chi connectivity index (χ2n) is 6.55. The molecule has 0 aliphatic rings. The molecule has 0 amide bonds. The number of aliphatic hydroxyl groups excluding tert-OH is 1. The molecule has 4 N–H and O–H groups in total. The maximum Gasteiger partial charge on any atom is 0.107 e. The molecule has 1 atom stereocenters. The summed E-state index contributed by atoms with van der Waals surface area (Å²) < 4.78 is 5.51. The lowest BCUT2D eigenvalue weighted by molar-refractivity contribution is 0.164. The van der Waals surface area contributed by atoms with Crippen molar-refractivity contribution >= 4 is 28.9 Å². The van der Waals surface area contributed by atoms with Crippen molar-refractivity contribution in [2.45, 2.75) is 31.8 Å². The van der Waals surface area contributed by atoms with Crippen molar-refractivity contribution in [1.82, 2.24) is 10.3 Å². The van der Waals surface area contributed by atoms with Gasteiger partial charge < -0.3 is 20.9 Å². The first-order chi connectivity index (χ1) is 14.1. The second-order valence-corrected chi connectivity index (χ2v) is 7.37. The topological polar surface area (TPSA) is 80.4 Å². The molecule has 1 aromatic heterocycles. The van der Waals surface area contributed by atoms with E-state index in [1.54, 1.807) is 18.3 Å². The fraction of sp³-hybridized carbons (Fsp3) is 0.409. The van der Waals surface area contributed by atoms with Crippen LogP contribution in [0.15, 0.2) is 36.5 Å². The Morgan fingerprint density at radius 3 is 2.69 bits per heavy atom. The van der Waals surface area contributed by atoms with E-state index in [-0.39, 0.29) is 0 Å². The molecule has 2 rings (SSSR count). The molecular formula is C22H27Cl2N3O2. The zero-order valence-corrected chi connectivity index (χ0v) is 17.8. The lowest BCUT2D eigenvalue weighted by Gasteiger charge is -2.14. The number of anilines is 1. The van der Waals surface area contributed by atoms with E-state index in [1.807, 2.05) is 18.2 Å². The standard InChI is InChI=1S/C22H27Cl2N3O2/c23-19-14-17(15-20(24)22(19)25)21(28)16-26-10-4-1-2-6-12-29-13-7-9-18-8-3-5-11-27-18/h3,5,8,11,14-15,21,26,28H,1,4,7,9-10,12-13,16,25H2. The number of aliphatic hydroxyl groups is 1. The van der Waals surface area contributed by atoms with E-state index < -0.39 is 6.10 Å². The van der Waals surface area contributed by atoms with Crippen LogP contribution in [0, 0.1) is 11.8 Å². The minimum atomic E-state index is -0.698. The lowest BCUT2D eigenvalue weighted by Crippen LogP contribution is -2.22. The first-order valence-electron chi connectivity index (χ1n) is 9.64. The number of unbranched alkanes of at least 4 members (excludes halogenated alkanes) is 1. The van der Waals surface area contributed by atoms with Crippen LogP contribution in [-0.2, 0) is 11.2 Å². The largest absolute Gasteiger partial charge is 0.396 e. The fourth-order valence-electron chi connectivity index (χ4n) is 2.62. The van der Waals surface area contributed by atoms with Gasteiger partial charge in [0.15, 0.2) is 0 Å². The predicted molar refractivity (Wildman–Crippen MR) is 119 cm³/mol. The van der Waals surface area contributed by atoms with Gasteiger partial charge in [-0.1, -0.05) is 35.2 Å². The molecule has 0 saturated carbocycles. The summed E-state index contributed by atoms with van der Waals surface area (Å²) in [5.74, 6) is 6.12. The van der Waals surface area contributed by atoms with Crippen LogP contribution in [0.5, 0.6) is 0 Å². The van der Waals surface area contributed by atoms with Crippen LogP contribution < -0.4 is 11.1 Å². The third-order valence-corrected chi connectivity index (χ3v) is 4.85. The Balaban J connectivity index is 1.49. The van der Waals surface area contributed by atoms with Crippen molar-refractivity contribution in [2.24, 2.45) is 0 Å². The van der Waals surface area contributed by atoms with Gasteiger partial charge in [-0.2, -0.15) is 0 Å². The van der Waals surface area contributed by atoms with Crippen molar-refractivity contribution in [3.05, 3.63) is 57.8 Å². The number of nitrogens with one attached hydrogen (secondary N) is 1. The summed E-state index contributed by atoms with van der Waals surface area (Å²) in [6.07, 6.45) is 4.63. The Hall–Kier alpha value is -1.81. The molecule has 0 aliphatic carbocycles. The van der Waals surface area contributed by atoms with E-state index in [9.17, 15) is 5.11 Å². The van der Waals surface area contributed by atoms with Crippen molar-refractivity contribution < 1.29 is 9.84 Å². The normalized spacial score (nSPS) is 11.7. The molecule has 1 heterocycles. The summed E-state index contributed by atoms with van der Waals surface area (Å²) in [7, 11) is 0. The summed E-state index contributed by atoms with van der Waals surface area (Å²) in [4.78, 5) is 4.28. The van der Waals surface area contributed by atoms with Crippen LogP contribution >= 0.6 is 23.2 Å². The zero-order chi connectivity index (χ0) is 20.9. The van der Waals surface area contributed by atoms with Crippen LogP contribution in [0.1, 0.15) is 36.6 Å². The molecule has 0 radical (unpaired) electrons. The van der Waals surface area contributed by atoms with Gasteiger partial charge in [0.2, 0.25) is 0 Å². The van der Waals surface area contributed by atoms with Gasteiger partial charge in [-0.25, -0.2) is 0 Å². The molecule has 0 bridgehead atoms. The maximum absolute atomic E-state index is 10.2. The third kappa shape index (κ3) is 9.03. The van der Waals surface area contributed by atoms with E-state index >= 15 is 0 Å². The average molecular weight is 436 g/mol. The molecule has 156 valence electrons. The Kier molecular flexibility index (Phi) is 10.9. The zero-order valence-electron chi connectivity index (χ0n) is 16.3. The Labute approximate surface area is 182 Å². The van der Waals surface area contributed by atoms with E-state index in [2.05, 4.69) is 22.1 Å². The van der Waals surface area contributed by atoms with Gasteiger partial charge >= 0.3 is 0 Å². The van der Waals surface area contributed by atoms with Crippen LogP contribution in [0.2, 0.25) is 10.0 Å². The first kappa shape index (κ1) is 23.5. The Bertz CT molecular complexity index is 784. The molecule has 1 aromatic carbocycles. The van der Waals surface area contributed by atoms with Crippen molar-refractivity contribution in [2.75, 3.05) is 32.0 Å². The molecule has 0 spiro atoms. The number of nitrogen functional groups attached to an aromatic ring is 1. The molecule has 7 heteroatoms. The third-order valence-electron chi connectivity index (χ3n) is 4.23. The van der Waals surface area contributed by atoms with Crippen LogP contribution in [0.4, 0.5) is 5.69 Å². The van der Waals surface area contributed by atoms with Gasteiger partial charge in [-0.05, 0) is 55.6 Å². The summed E-state index contributed by atoms with van der Waals surface area (Å²) in [6.45, 7) is 2.30. The number of halogens is 2. The van der Waals surface area contributed by atoms with E-state index in [4.69, 9.17) is 33.7 Å². The molecule has 0 fully saturated rings. The lowest BCUT2D eigenvalue weighted by atomic mass is 10.1. The van der Waals surface area contributed by atoms with Gasteiger partial charge in [-0.3, -0.25) is 4.98 Å². The molecular weight excluding hydrogens is 409 g/mol. The number of ether oxygens (including phenoxy) is 1. The molecule has 2 aromatic rings. The quantitative estimate of drug-likeness (QED) is 0.282. The van der Waals surface area contributed by atoms with E-state index in [0.29, 0.717) is 41.1 Å². The summed E-state index contributed by atoms with van der Waals surface area (Å²) in [5.41, 5.74) is 7.76. The summed E-state index contributed by atoms with van der Waals surface area (Å²) in [6, 6.07) is 9.20. The first-order valence-corrected chi connectivity index (χ1v) is 10.4. The minimum absolute atomic E-state index is 0.327. The number of aryl methyl sites for hydroxylation is 1. The number of hydrogen-bond acceptors (Lipinski definition) is 5. The van der Waals surface area contributed by atoms with Crippen molar-refractivity contribution in [3.63, 3.8) is 0 Å². The molecule has 29 heavy (non-hydrogen) atoms. The van der Waals surface area contributed by atoms with E-state index in [0.717, 1.165) is 37.9 Å². The van der Waals surface area contributed by atoms with Crippen LogP contribution in [0.25, 0.3) is 0 Å². The Morgan fingerprint density at radius 1 is 1.17 bits per heavy atom. The highest BCUT2D eigenvalue weighted by Gasteiger charge is 2.11. The highest BCUT2D eigenvalue weighted by atomic mass is 35.5. The molecule has 5 nitrogen and oxygen atoms in total. The number of aromatic nitrogens is 1. The summed E-state index contributed by atoms with van der Waals surface area (Å²) in [5, 5.41) is 14.1. The molecule has 0 aliphatic heterocycles. The minimum Gasteiger partial charge on any atom is -0.396 e. The predicted octanol–water partition coefficient (Wildman–Crippen LogP) is 4.03. The monoisotopic (exact) mass is 435 g/mol. The number of nitrogens with two attached hydrogens (primary N) is 1. The van der Waals surface area contributed by atoms with Gasteiger partial charge in [0.05, 0.1) is 21.8 Å². The van der Waals surface area contributed by atoms with Gasteiger partial charge in [0.1, 0.15) is 6.61 Å². The number of pyridine rings is 1. The fourth-order valence-corrected chi connectivity index (χ4v) is 3.12. The van der Waals surface area contributed by atoms with Gasteiger partial charge in [-0.15, -0.1) is 5.92 Å². The van der Waals surface area contributed by atoms with Crippen LogP contribution in [-0.4, -0.2) is 36.4 Å². The maximum atomic E-state index is 10.2. The molecule has 1 unspecified atom stereocenters. The number of benzene rings is 1. The van der Waals surface area contributed by atoms with E-state index in [1.165, 1.54) is 0 Å². The smallest absolute Gasteiger partial charge is 0.107 e. The van der Waals surface area contributed by atoms with Crippen LogP contribution in [0.3, 0.4) is 0 Å². The summed E-state index contributed by atoms with van der Waals surface area (Å²) >= 11 is 12.0. The van der Waals surface area contributed by atoms with Gasteiger partial charge in [0, 0.05) is 31.5 Å². The van der Waals surface area contributed by atoms with Crippen molar-refractivity contribution in [3.8, 4) is 11.8 Å². The van der Waals surface area contributed by atoms with Crippen molar-refractivity contribution in [1.29, 1.82) is 0 Å². The molecule has 0 saturated heterocycles. The second kappa shape index (κ2) is 13.4. The van der Waals surface area contributed by atoms with Gasteiger partial charge in [0.25, 0.3) is 0 Å². The SMILES string of the molecule is Nc1c(Cl)cc(C(O)CNCCCC#CCOCCCc2ccccn2)cc1Cl. The average Bonchev–Trinajstić information content (AvgIpc) is 2.73. The Morgan fingerprint density at radius 2 is 1.97 bits per heavy atom. The number of rotatable bonds is 11. The highest BCUT2D eigenvalue weighted by Crippen LogP contribution is 2.31. The number of nitrogens with zero attached hydrogens (tertiary/aromatic N) is 1.